The van der Waals surface area contributed by atoms with Crippen LogP contribution in [0.3, 0.4) is 0 Å². The summed E-state index contributed by atoms with van der Waals surface area (Å²) in [4.78, 5) is 22.9. The van der Waals surface area contributed by atoms with Gasteiger partial charge in [0, 0.05) is 62.2 Å². The number of benzene rings is 1. The van der Waals surface area contributed by atoms with E-state index in [1.807, 2.05) is 35.5 Å². The minimum absolute atomic E-state index is 0.221. The number of aromatic nitrogens is 3. The number of likely N-dealkylation sites (tertiary alicyclic amines) is 1. The van der Waals surface area contributed by atoms with Crippen molar-refractivity contribution in [3.63, 3.8) is 0 Å². The van der Waals surface area contributed by atoms with Gasteiger partial charge in [0.05, 0.1) is 13.0 Å². The van der Waals surface area contributed by atoms with Crippen molar-refractivity contribution >= 4 is 16.8 Å². The number of hydrogen-bond donors (Lipinski definition) is 1. The summed E-state index contributed by atoms with van der Waals surface area (Å²) in [5, 5.41) is 1.14. The highest BCUT2D eigenvalue weighted by Crippen LogP contribution is 2.23. The normalized spacial score (nSPS) is 17.2. The van der Waals surface area contributed by atoms with E-state index in [4.69, 9.17) is 4.74 Å². The van der Waals surface area contributed by atoms with E-state index < -0.39 is 0 Å². The Morgan fingerprint density at radius 1 is 1.34 bits per heavy atom. The van der Waals surface area contributed by atoms with Gasteiger partial charge in [0.15, 0.2) is 0 Å². The molecule has 4 rings (SSSR count). The van der Waals surface area contributed by atoms with Gasteiger partial charge in [-0.3, -0.25) is 4.79 Å². The topological polar surface area (TPSA) is 63.1 Å². The Balaban J connectivity index is 1.40. The molecule has 0 radical (unpaired) electrons. The molecule has 1 unspecified atom stereocenters. The average Bonchev–Trinajstić information content (AvgIpc) is 3.30. The van der Waals surface area contributed by atoms with Crippen molar-refractivity contribution < 1.29 is 9.53 Å². The molecule has 0 aliphatic carbocycles. The van der Waals surface area contributed by atoms with Crippen LogP contribution in [0.15, 0.2) is 36.7 Å². The molecule has 2 aromatic heterocycles. The molecular formula is C23H30N4O2. The number of para-hydroxylation sites is 1. The molecule has 1 aliphatic rings. The standard InChI is InChI=1S/C23H30N4O2/c1-17-14-25-22(27(17)10-11-29-2)12-18-6-5-9-26(16-18)23(28)13-19-15-24-21-8-4-3-7-20(19)21/h3-4,7-8,14-15,18,24H,5-6,9-13,16H2,1-2H3. The molecule has 1 N–H and O–H groups in total. The predicted octanol–water partition coefficient (Wildman–Crippen LogP) is 3.34. The van der Waals surface area contributed by atoms with Gasteiger partial charge in [-0.15, -0.1) is 0 Å². The van der Waals surface area contributed by atoms with Crippen LogP contribution in [0.25, 0.3) is 10.9 Å². The zero-order valence-electron chi connectivity index (χ0n) is 17.4. The van der Waals surface area contributed by atoms with E-state index in [1.165, 1.54) is 5.69 Å². The van der Waals surface area contributed by atoms with Gasteiger partial charge in [0.1, 0.15) is 5.82 Å². The van der Waals surface area contributed by atoms with Crippen molar-refractivity contribution in [1.29, 1.82) is 0 Å². The number of nitrogens with zero attached hydrogens (tertiary/aromatic N) is 3. The van der Waals surface area contributed by atoms with Crippen LogP contribution in [0, 0.1) is 12.8 Å². The van der Waals surface area contributed by atoms with Crippen LogP contribution in [-0.4, -0.2) is 52.1 Å². The van der Waals surface area contributed by atoms with Crippen molar-refractivity contribution in [1.82, 2.24) is 19.4 Å². The molecule has 3 aromatic rings. The van der Waals surface area contributed by atoms with E-state index in [-0.39, 0.29) is 5.91 Å². The van der Waals surface area contributed by atoms with Crippen LogP contribution in [0.2, 0.25) is 0 Å². The Morgan fingerprint density at radius 2 is 2.21 bits per heavy atom. The highest BCUT2D eigenvalue weighted by molar-refractivity contribution is 5.88. The minimum Gasteiger partial charge on any atom is -0.383 e. The van der Waals surface area contributed by atoms with Crippen LogP contribution in [-0.2, 0) is 28.9 Å². The summed E-state index contributed by atoms with van der Waals surface area (Å²) in [7, 11) is 1.73. The number of H-pyrrole nitrogens is 1. The number of carbonyl (C=O) groups excluding carboxylic acids is 1. The van der Waals surface area contributed by atoms with E-state index in [9.17, 15) is 4.79 Å². The van der Waals surface area contributed by atoms with Crippen LogP contribution in [0.5, 0.6) is 0 Å². The van der Waals surface area contributed by atoms with Gasteiger partial charge in [0.25, 0.3) is 0 Å². The SMILES string of the molecule is COCCn1c(C)cnc1CC1CCCN(C(=O)Cc2c[nH]c3ccccc23)C1. The van der Waals surface area contributed by atoms with Gasteiger partial charge >= 0.3 is 0 Å². The third-order valence-corrected chi connectivity index (χ3v) is 6.02. The molecule has 0 spiro atoms. The second-order valence-electron chi connectivity index (χ2n) is 8.05. The summed E-state index contributed by atoms with van der Waals surface area (Å²) in [6, 6.07) is 8.16. The smallest absolute Gasteiger partial charge is 0.227 e. The van der Waals surface area contributed by atoms with E-state index in [2.05, 4.69) is 27.5 Å². The molecule has 1 amide bonds. The van der Waals surface area contributed by atoms with Crippen LogP contribution in [0.1, 0.15) is 29.9 Å². The van der Waals surface area contributed by atoms with E-state index in [0.29, 0.717) is 18.9 Å². The van der Waals surface area contributed by atoms with Crippen molar-refractivity contribution in [3.8, 4) is 0 Å². The Morgan fingerprint density at radius 3 is 3.07 bits per heavy atom. The third-order valence-electron chi connectivity index (χ3n) is 6.02. The van der Waals surface area contributed by atoms with Crippen molar-refractivity contribution in [2.24, 2.45) is 5.92 Å². The Labute approximate surface area is 171 Å². The number of methoxy groups -OCH3 is 1. The number of carbonyl (C=O) groups is 1. The first-order valence-electron chi connectivity index (χ1n) is 10.5. The zero-order chi connectivity index (χ0) is 20.2. The monoisotopic (exact) mass is 394 g/mol. The van der Waals surface area contributed by atoms with Crippen molar-refractivity contribution in [2.45, 2.75) is 39.2 Å². The fourth-order valence-corrected chi connectivity index (χ4v) is 4.43. The van der Waals surface area contributed by atoms with Gasteiger partial charge in [-0.05, 0) is 37.3 Å². The number of aryl methyl sites for hydroxylation is 1. The zero-order valence-corrected chi connectivity index (χ0v) is 17.4. The predicted molar refractivity (Wildman–Crippen MR) is 114 cm³/mol. The van der Waals surface area contributed by atoms with Gasteiger partial charge < -0.3 is 19.2 Å². The molecular weight excluding hydrogens is 364 g/mol. The lowest BCUT2D eigenvalue weighted by Crippen LogP contribution is -2.41. The highest BCUT2D eigenvalue weighted by Gasteiger charge is 2.25. The quantitative estimate of drug-likeness (QED) is 0.668. The summed E-state index contributed by atoms with van der Waals surface area (Å²) < 4.78 is 7.49. The number of rotatable bonds is 7. The molecule has 0 bridgehead atoms. The van der Waals surface area contributed by atoms with Gasteiger partial charge in [0.2, 0.25) is 5.91 Å². The first kappa shape index (κ1) is 19.7. The first-order valence-corrected chi connectivity index (χ1v) is 10.5. The Hall–Kier alpha value is -2.60. The molecule has 1 fully saturated rings. The fourth-order valence-electron chi connectivity index (χ4n) is 4.43. The molecule has 6 heteroatoms. The van der Waals surface area contributed by atoms with E-state index >= 15 is 0 Å². The second-order valence-corrected chi connectivity index (χ2v) is 8.05. The molecule has 1 atom stereocenters. The lowest BCUT2D eigenvalue weighted by molar-refractivity contribution is -0.132. The molecule has 29 heavy (non-hydrogen) atoms. The first-order chi connectivity index (χ1) is 14.2. The second kappa shape index (κ2) is 8.82. The number of hydrogen-bond acceptors (Lipinski definition) is 3. The largest absolute Gasteiger partial charge is 0.383 e. The number of piperidine rings is 1. The van der Waals surface area contributed by atoms with Crippen molar-refractivity contribution in [2.75, 3.05) is 26.8 Å². The number of nitrogens with one attached hydrogen (secondary N) is 1. The summed E-state index contributed by atoms with van der Waals surface area (Å²) >= 11 is 0. The van der Waals surface area contributed by atoms with Crippen LogP contribution in [0.4, 0.5) is 0 Å². The molecule has 154 valence electrons. The molecule has 3 heterocycles. The minimum atomic E-state index is 0.221. The highest BCUT2D eigenvalue weighted by atomic mass is 16.5. The Kier molecular flexibility index (Phi) is 6.00. The molecule has 0 saturated carbocycles. The fraction of sp³-hybridized carbons (Fsp3) is 0.478. The van der Waals surface area contributed by atoms with E-state index in [1.54, 1.807) is 7.11 Å². The van der Waals surface area contributed by atoms with Crippen LogP contribution < -0.4 is 0 Å². The summed E-state index contributed by atoms with van der Waals surface area (Å²) in [6.45, 7) is 5.27. The van der Waals surface area contributed by atoms with E-state index in [0.717, 1.165) is 61.2 Å². The maximum atomic E-state index is 13.0. The van der Waals surface area contributed by atoms with Gasteiger partial charge in [-0.2, -0.15) is 0 Å². The van der Waals surface area contributed by atoms with Crippen LogP contribution >= 0.6 is 0 Å². The number of imidazole rings is 1. The van der Waals surface area contributed by atoms with Gasteiger partial charge in [-0.25, -0.2) is 4.98 Å². The average molecular weight is 395 g/mol. The summed E-state index contributed by atoms with van der Waals surface area (Å²) in [5.74, 6) is 1.78. The summed E-state index contributed by atoms with van der Waals surface area (Å²) in [6.07, 6.45) is 7.48. The number of aromatic amines is 1. The number of ether oxygens (including phenoxy) is 1. The van der Waals surface area contributed by atoms with Crippen molar-refractivity contribution in [3.05, 3.63) is 53.7 Å². The Bertz CT molecular complexity index is 974. The number of fused-ring (bicyclic) bond motifs is 1. The molecule has 1 aromatic carbocycles. The number of amides is 1. The molecule has 1 saturated heterocycles. The maximum Gasteiger partial charge on any atom is 0.227 e. The molecule has 6 nitrogen and oxygen atoms in total. The lowest BCUT2D eigenvalue weighted by Gasteiger charge is -2.33. The molecule has 1 aliphatic heterocycles. The summed E-state index contributed by atoms with van der Waals surface area (Å²) in [5.41, 5.74) is 3.34. The maximum absolute atomic E-state index is 13.0. The van der Waals surface area contributed by atoms with Gasteiger partial charge in [-0.1, -0.05) is 18.2 Å². The third kappa shape index (κ3) is 4.37. The lowest BCUT2D eigenvalue weighted by atomic mass is 9.94.